The van der Waals surface area contributed by atoms with Crippen molar-refractivity contribution in [2.75, 3.05) is 0 Å². The van der Waals surface area contributed by atoms with Crippen molar-refractivity contribution >= 4 is 5.97 Å². The summed E-state index contributed by atoms with van der Waals surface area (Å²) in [4.78, 5) is 10.4. The summed E-state index contributed by atoms with van der Waals surface area (Å²) < 4.78 is 3.96. The minimum Gasteiger partial charge on any atom is -0.454 e. The zero-order valence-electron chi connectivity index (χ0n) is 5.89. The number of esters is 1. The lowest BCUT2D eigenvalue weighted by Gasteiger charge is -2.00. The number of carbonyl (C=O) groups excluding carboxylic acids is 1. The predicted octanol–water partition coefficient (Wildman–Crippen LogP) is 1.63. The van der Waals surface area contributed by atoms with Gasteiger partial charge in [-0.1, -0.05) is 13.8 Å². The van der Waals surface area contributed by atoms with Crippen LogP contribution < -0.4 is 0 Å². The highest BCUT2D eigenvalue weighted by Gasteiger charge is 2.00. The Morgan fingerprint density at radius 2 is 2.22 bits per heavy atom. The molecule has 0 aliphatic heterocycles. The van der Waals surface area contributed by atoms with Gasteiger partial charge in [-0.05, 0) is 12.3 Å². The first kappa shape index (κ1) is 8.47. The molecule has 0 N–H and O–H groups in total. The number of carbonyl (C=O) groups is 1. The minimum atomic E-state index is -0.330. The second-order valence-corrected chi connectivity index (χ2v) is 2.42. The fourth-order valence-corrected chi connectivity index (χ4v) is 0.465. The summed E-state index contributed by atoms with van der Waals surface area (Å²) in [6.07, 6.45) is 1.27. The summed E-state index contributed by atoms with van der Waals surface area (Å²) in [5.74, 6) is 0.202. The van der Waals surface area contributed by atoms with Gasteiger partial charge in [-0.25, -0.2) is 0 Å². The van der Waals surface area contributed by atoms with E-state index in [0.29, 0.717) is 12.3 Å². The van der Waals surface area contributed by atoms with Crippen LogP contribution >= 0.6 is 0 Å². The summed E-state index contributed by atoms with van der Waals surface area (Å²) in [6, 6.07) is 0. The van der Waals surface area contributed by atoms with E-state index >= 15 is 0 Å². The van der Waals surface area contributed by atoms with E-state index in [1.807, 2.05) is 13.8 Å². The van der Waals surface area contributed by atoms with E-state index in [4.69, 9.17) is 0 Å². The number of hydrogen-bond donors (Lipinski definition) is 0. The lowest BCUT2D eigenvalue weighted by atomic mass is 10.1. The smallest absolute Gasteiger partial charge is 0.306 e. The van der Waals surface area contributed by atoms with Crippen LogP contribution in [0.2, 0.25) is 0 Å². The molecule has 0 aromatic rings. The monoisotopic (exact) mass is 128 g/mol. The topological polar surface area (TPSA) is 26.3 Å². The SMILES string of the molecule is [CH]OC(=O)CCC(C)C. The van der Waals surface area contributed by atoms with E-state index in [-0.39, 0.29) is 5.97 Å². The van der Waals surface area contributed by atoms with Crippen LogP contribution in [0.5, 0.6) is 0 Å². The summed E-state index contributed by atoms with van der Waals surface area (Å²) in [6.45, 7) is 4.09. The zero-order chi connectivity index (χ0) is 7.28. The van der Waals surface area contributed by atoms with Gasteiger partial charge in [0.15, 0.2) is 7.11 Å². The third-order valence-electron chi connectivity index (χ3n) is 1.06. The minimum absolute atomic E-state index is 0.330. The van der Waals surface area contributed by atoms with Crippen molar-refractivity contribution in [2.24, 2.45) is 5.92 Å². The van der Waals surface area contributed by atoms with Gasteiger partial charge in [0.1, 0.15) is 0 Å². The number of rotatable bonds is 3. The van der Waals surface area contributed by atoms with Crippen LogP contribution in [-0.4, -0.2) is 5.97 Å². The Kier molecular flexibility index (Phi) is 4.10. The maximum Gasteiger partial charge on any atom is 0.306 e. The van der Waals surface area contributed by atoms with Gasteiger partial charge in [0.25, 0.3) is 0 Å². The highest BCUT2D eigenvalue weighted by molar-refractivity contribution is 5.69. The molecule has 0 heterocycles. The van der Waals surface area contributed by atoms with Crippen molar-refractivity contribution in [3.8, 4) is 0 Å². The summed E-state index contributed by atoms with van der Waals surface area (Å²) in [5.41, 5.74) is 0. The van der Waals surface area contributed by atoms with Crippen LogP contribution in [0.3, 0.4) is 0 Å². The molecular formula is C7H12O2. The molecule has 52 valence electrons. The van der Waals surface area contributed by atoms with Gasteiger partial charge in [-0.3, -0.25) is 4.79 Å². The van der Waals surface area contributed by atoms with Crippen molar-refractivity contribution in [1.82, 2.24) is 0 Å². The Bertz CT molecular complexity index is 86.9. The van der Waals surface area contributed by atoms with Gasteiger partial charge in [0.2, 0.25) is 0 Å². The first-order valence-corrected chi connectivity index (χ1v) is 3.06. The molecule has 0 aliphatic rings. The summed E-state index contributed by atoms with van der Waals surface area (Å²) >= 11 is 0. The maximum atomic E-state index is 10.4. The Hall–Kier alpha value is -0.530. The molecular weight excluding hydrogens is 116 g/mol. The Balaban J connectivity index is 3.17. The van der Waals surface area contributed by atoms with Gasteiger partial charge < -0.3 is 4.74 Å². The van der Waals surface area contributed by atoms with Crippen LogP contribution in [-0.2, 0) is 9.53 Å². The van der Waals surface area contributed by atoms with Crippen molar-refractivity contribution in [1.29, 1.82) is 0 Å². The number of hydrogen-bond acceptors (Lipinski definition) is 2. The first-order valence-electron chi connectivity index (χ1n) is 3.06. The van der Waals surface area contributed by atoms with Crippen molar-refractivity contribution in [3.05, 3.63) is 7.11 Å². The third kappa shape index (κ3) is 5.34. The fourth-order valence-electron chi connectivity index (χ4n) is 0.465. The van der Waals surface area contributed by atoms with Gasteiger partial charge >= 0.3 is 5.97 Å². The average Bonchev–Trinajstić information content (AvgIpc) is 1.83. The molecule has 0 aromatic carbocycles. The molecule has 2 nitrogen and oxygen atoms in total. The van der Waals surface area contributed by atoms with Gasteiger partial charge in [-0.2, -0.15) is 0 Å². The molecule has 0 saturated heterocycles. The third-order valence-corrected chi connectivity index (χ3v) is 1.06. The molecule has 2 heteroatoms. The Morgan fingerprint density at radius 1 is 1.67 bits per heavy atom. The van der Waals surface area contributed by atoms with Crippen LogP contribution in [0, 0.1) is 13.0 Å². The van der Waals surface area contributed by atoms with Crippen LogP contribution in [0.15, 0.2) is 0 Å². The zero-order valence-corrected chi connectivity index (χ0v) is 5.89. The fraction of sp³-hybridized carbons (Fsp3) is 0.714. The van der Waals surface area contributed by atoms with Gasteiger partial charge in [0, 0.05) is 6.42 Å². The first-order chi connectivity index (χ1) is 4.16. The molecule has 0 unspecified atom stereocenters. The van der Waals surface area contributed by atoms with Crippen LogP contribution in [0.25, 0.3) is 0 Å². The molecule has 2 radical (unpaired) electrons. The molecule has 0 aliphatic carbocycles. The molecule has 0 saturated carbocycles. The summed E-state index contributed by atoms with van der Waals surface area (Å²) in [7, 11) is 4.61. The highest BCUT2D eigenvalue weighted by atomic mass is 16.5. The van der Waals surface area contributed by atoms with Crippen molar-refractivity contribution in [2.45, 2.75) is 26.7 Å². The van der Waals surface area contributed by atoms with E-state index in [2.05, 4.69) is 11.8 Å². The predicted molar refractivity (Wildman–Crippen MR) is 34.5 cm³/mol. The van der Waals surface area contributed by atoms with E-state index in [1.165, 1.54) is 0 Å². The molecule has 0 amide bonds. The standard InChI is InChI=1S/C7H12O2/c1-6(2)4-5-7(8)9-3/h3,6H,4-5H2,1-2H3. The lowest BCUT2D eigenvalue weighted by Crippen LogP contribution is -2.00. The molecule has 0 atom stereocenters. The van der Waals surface area contributed by atoms with Crippen LogP contribution in [0.1, 0.15) is 26.7 Å². The largest absolute Gasteiger partial charge is 0.454 e. The van der Waals surface area contributed by atoms with E-state index in [1.54, 1.807) is 0 Å². The second-order valence-electron chi connectivity index (χ2n) is 2.42. The second kappa shape index (κ2) is 4.36. The van der Waals surface area contributed by atoms with Crippen LogP contribution in [0.4, 0.5) is 0 Å². The molecule has 0 spiro atoms. The number of ether oxygens (including phenoxy) is 1. The lowest BCUT2D eigenvalue weighted by molar-refractivity contribution is -0.138. The molecule has 0 fully saturated rings. The Morgan fingerprint density at radius 3 is 2.56 bits per heavy atom. The molecule has 0 aromatic heterocycles. The summed E-state index contributed by atoms with van der Waals surface area (Å²) in [5, 5.41) is 0. The van der Waals surface area contributed by atoms with E-state index in [0.717, 1.165) is 6.42 Å². The average molecular weight is 128 g/mol. The highest BCUT2D eigenvalue weighted by Crippen LogP contribution is 2.03. The van der Waals surface area contributed by atoms with Gasteiger partial charge in [-0.15, -0.1) is 0 Å². The van der Waals surface area contributed by atoms with Crippen molar-refractivity contribution in [3.63, 3.8) is 0 Å². The molecule has 0 bridgehead atoms. The maximum absolute atomic E-state index is 10.4. The molecule has 0 rings (SSSR count). The normalized spacial score (nSPS) is 9.78. The van der Waals surface area contributed by atoms with E-state index in [9.17, 15) is 4.79 Å². The van der Waals surface area contributed by atoms with E-state index < -0.39 is 0 Å². The molecule has 9 heavy (non-hydrogen) atoms. The van der Waals surface area contributed by atoms with Gasteiger partial charge in [0.05, 0.1) is 0 Å². The van der Waals surface area contributed by atoms with Crippen molar-refractivity contribution < 1.29 is 9.53 Å². The Labute approximate surface area is 56.2 Å². The quantitative estimate of drug-likeness (QED) is 0.540.